The Balaban J connectivity index is 2.49. The number of hydrogen-bond acceptors (Lipinski definition) is 3. The Hall–Kier alpha value is -1.94. The van der Waals surface area contributed by atoms with Gasteiger partial charge >= 0.3 is 0 Å². The van der Waals surface area contributed by atoms with Crippen LogP contribution in [0.1, 0.15) is 36.2 Å². The van der Waals surface area contributed by atoms with Crippen LogP contribution in [0, 0.1) is 12.7 Å². The van der Waals surface area contributed by atoms with Crippen LogP contribution in [-0.4, -0.2) is 18.6 Å². The van der Waals surface area contributed by atoms with Gasteiger partial charge in [-0.2, -0.15) is 0 Å². The standard InChI is InChI=1S/C17H21FN2O/c1-4-9-19-16(13-11-12(2)7-8-14(13)18)17-15(21-3)6-5-10-20-17/h5-8,10-11,16,19H,4,9H2,1-3H3. The van der Waals surface area contributed by atoms with Crippen molar-refractivity contribution in [2.75, 3.05) is 13.7 Å². The summed E-state index contributed by atoms with van der Waals surface area (Å²) in [5.74, 6) is 0.425. The van der Waals surface area contributed by atoms with Crippen molar-refractivity contribution in [1.82, 2.24) is 10.3 Å². The van der Waals surface area contributed by atoms with Crippen molar-refractivity contribution in [3.63, 3.8) is 0 Å². The average Bonchev–Trinajstić information content (AvgIpc) is 2.51. The average molecular weight is 288 g/mol. The lowest BCUT2D eigenvalue weighted by Crippen LogP contribution is -2.25. The smallest absolute Gasteiger partial charge is 0.142 e. The lowest BCUT2D eigenvalue weighted by atomic mass is 9.99. The first kappa shape index (κ1) is 15.4. The fraction of sp³-hybridized carbons (Fsp3) is 0.353. The van der Waals surface area contributed by atoms with E-state index in [9.17, 15) is 4.39 Å². The van der Waals surface area contributed by atoms with Gasteiger partial charge in [0.1, 0.15) is 17.3 Å². The molecule has 0 amide bonds. The second-order valence-corrected chi connectivity index (χ2v) is 5.00. The molecule has 0 bridgehead atoms. The number of methoxy groups -OCH3 is 1. The minimum atomic E-state index is -0.319. The van der Waals surface area contributed by atoms with Crippen LogP contribution in [0.4, 0.5) is 4.39 Å². The van der Waals surface area contributed by atoms with Crippen molar-refractivity contribution in [3.05, 3.63) is 59.2 Å². The predicted octanol–water partition coefficient (Wildman–Crippen LogP) is 3.63. The fourth-order valence-corrected chi connectivity index (χ4v) is 2.32. The molecule has 2 aromatic rings. The Labute approximate surface area is 125 Å². The van der Waals surface area contributed by atoms with Gasteiger partial charge < -0.3 is 10.1 Å². The molecule has 1 heterocycles. The number of hydrogen-bond donors (Lipinski definition) is 1. The van der Waals surface area contributed by atoms with Crippen molar-refractivity contribution in [2.45, 2.75) is 26.3 Å². The molecular formula is C17H21FN2O. The summed E-state index contributed by atoms with van der Waals surface area (Å²) in [6.45, 7) is 4.81. The Morgan fingerprint density at radius 2 is 2.14 bits per heavy atom. The van der Waals surface area contributed by atoms with E-state index < -0.39 is 0 Å². The highest BCUT2D eigenvalue weighted by atomic mass is 19.1. The van der Waals surface area contributed by atoms with Gasteiger partial charge in [-0.3, -0.25) is 4.98 Å². The minimum absolute atomic E-state index is 0.234. The zero-order valence-electron chi connectivity index (χ0n) is 12.7. The molecule has 0 radical (unpaired) electrons. The molecule has 3 nitrogen and oxygen atoms in total. The van der Waals surface area contributed by atoms with E-state index in [2.05, 4.69) is 17.2 Å². The third-order valence-electron chi connectivity index (χ3n) is 3.35. The number of aryl methyl sites for hydroxylation is 1. The Morgan fingerprint density at radius 1 is 1.33 bits per heavy atom. The van der Waals surface area contributed by atoms with Crippen molar-refractivity contribution < 1.29 is 9.13 Å². The first-order chi connectivity index (χ1) is 10.2. The first-order valence-electron chi connectivity index (χ1n) is 7.15. The summed E-state index contributed by atoms with van der Waals surface area (Å²) in [6.07, 6.45) is 2.66. The highest BCUT2D eigenvalue weighted by Crippen LogP contribution is 2.30. The molecule has 21 heavy (non-hydrogen) atoms. The summed E-state index contributed by atoms with van der Waals surface area (Å²) >= 11 is 0. The van der Waals surface area contributed by atoms with E-state index in [1.54, 1.807) is 19.4 Å². The van der Waals surface area contributed by atoms with Gasteiger partial charge in [0.2, 0.25) is 0 Å². The highest BCUT2D eigenvalue weighted by Gasteiger charge is 2.22. The zero-order chi connectivity index (χ0) is 15.2. The summed E-state index contributed by atoms with van der Waals surface area (Å²) in [5.41, 5.74) is 2.32. The van der Waals surface area contributed by atoms with E-state index in [1.165, 1.54) is 6.07 Å². The summed E-state index contributed by atoms with van der Waals surface area (Å²) < 4.78 is 19.6. The van der Waals surface area contributed by atoms with Crippen molar-refractivity contribution in [3.8, 4) is 5.75 Å². The van der Waals surface area contributed by atoms with Gasteiger partial charge in [0, 0.05) is 11.8 Å². The maximum Gasteiger partial charge on any atom is 0.142 e. The lowest BCUT2D eigenvalue weighted by Gasteiger charge is -2.21. The first-order valence-corrected chi connectivity index (χ1v) is 7.15. The van der Waals surface area contributed by atoms with E-state index in [-0.39, 0.29) is 11.9 Å². The SMILES string of the molecule is CCCNC(c1cc(C)ccc1F)c1ncccc1OC. The molecule has 112 valence electrons. The normalized spacial score (nSPS) is 12.2. The topological polar surface area (TPSA) is 34.2 Å². The van der Waals surface area contributed by atoms with Crippen LogP contribution in [0.5, 0.6) is 5.75 Å². The van der Waals surface area contributed by atoms with Crippen LogP contribution >= 0.6 is 0 Å². The molecule has 2 rings (SSSR count). The summed E-state index contributed by atoms with van der Waals surface area (Å²) in [7, 11) is 1.60. The molecule has 1 N–H and O–H groups in total. The number of benzene rings is 1. The van der Waals surface area contributed by atoms with Gasteiger partial charge in [0.05, 0.1) is 13.2 Å². The number of nitrogens with zero attached hydrogens (tertiary/aromatic N) is 1. The van der Waals surface area contributed by atoms with Crippen LogP contribution < -0.4 is 10.1 Å². The molecule has 0 aliphatic rings. The molecule has 0 aliphatic carbocycles. The molecule has 1 atom stereocenters. The van der Waals surface area contributed by atoms with Crippen LogP contribution in [0.2, 0.25) is 0 Å². The van der Waals surface area contributed by atoms with Crippen LogP contribution in [-0.2, 0) is 0 Å². The van der Waals surface area contributed by atoms with E-state index >= 15 is 0 Å². The summed E-state index contributed by atoms with van der Waals surface area (Å²) in [5, 5.41) is 3.36. The van der Waals surface area contributed by atoms with Crippen LogP contribution in [0.15, 0.2) is 36.5 Å². The van der Waals surface area contributed by atoms with Crippen molar-refractivity contribution >= 4 is 0 Å². The Morgan fingerprint density at radius 3 is 2.86 bits per heavy atom. The number of pyridine rings is 1. The molecule has 1 unspecified atom stereocenters. The van der Waals surface area contributed by atoms with E-state index in [0.717, 1.165) is 18.5 Å². The molecule has 4 heteroatoms. The van der Waals surface area contributed by atoms with Crippen molar-refractivity contribution in [2.24, 2.45) is 0 Å². The maximum atomic E-state index is 14.3. The van der Waals surface area contributed by atoms with Gasteiger partial charge in [-0.15, -0.1) is 0 Å². The Kier molecular flexibility index (Phi) is 5.28. The zero-order valence-corrected chi connectivity index (χ0v) is 12.7. The number of rotatable bonds is 6. The van der Waals surface area contributed by atoms with Gasteiger partial charge in [0.25, 0.3) is 0 Å². The van der Waals surface area contributed by atoms with Gasteiger partial charge in [-0.1, -0.05) is 24.6 Å². The largest absolute Gasteiger partial charge is 0.495 e. The summed E-state index contributed by atoms with van der Waals surface area (Å²) in [6, 6.07) is 8.46. The maximum absolute atomic E-state index is 14.3. The van der Waals surface area contributed by atoms with Gasteiger partial charge in [-0.25, -0.2) is 4.39 Å². The molecular weight excluding hydrogens is 267 g/mol. The second kappa shape index (κ2) is 7.18. The quantitative estimate of drug-likeness (QED) is 0.881. The van der Waals surface area contributed by atoms with Crippen LogP contribution in [0.25, 0.3) is 0 Å². The molecule has 1 aromatic heterocycles. The predicted molar refractivity (Wildman–Crippen MR) is 82.1 cm³/mol. The number of halogens is 1. The van der Waals surface area contributed by atoms with Crippen molar-refractivity contribution in [1.29, 1.82) is 0 Å². The van der Waals surface area contributed by atoms with Gasteiger partial charge in [-0.05, 0) is 38.1 Å². The monoisotopic (exact) mass is 288 g/mol. The van der Waals surface area contributed by atoms with E-state index in [1.807, 2.05) is 25.1 Å². The fourth-order valence-electron chi connectivity index (χ4n) is 2.32. The third kappa shape index (κ3) is 3.58. The van der Waals surface area contributed by atoms with Crippen LogP contribution in [0.3, 0.4) is 0 Å². The minimum Gasteiger partial charge on any atom is -0.495 e. The number of ether oxygens (including phenoxy) is 1. The second-order valence-electron chi connectivity index (χ2n) is 5.00. The van der Waals surface area contributed by atoms with E-state index in [4.69, 9.17) is 4.74 Å². The molecule has 1 aromatic carbocycles. The molecule has 0 saturated carbocycles. The van der Waals surface area contributed by atoms with E-state index in [0.29, 0.717) is 17.0 Å². The number of nitrogens with one attached hydrogen (secondary N) is 1. The molecule has 0 aliphatic heterocycles. The molecule has 0 spiro atoms. The lowest BCUT2D eigenvalue weighted by molar-refractivity contribution is 0.398. The molecule has 0 saturated heterocycles. The highest BCUT2D eigenvalue weighted by molar-refractivity contribution is 5.38. The summed E-state index contributed by atoms with van der Waals surface area (Å²) in [4.78, 5) is 4.40. The molecule has 0 fully saturated rings. The number of aromatic nitrogens is 1. The Bertz CT molecular complexity index is 601. The van der Waals surface area contributed by atoms with Gasteiger partial charge in [0.15, 0.2) is 0 Å². The third-order valence-corrected chi connectivity index (χ3v) is 3.35.